The van der Waals surface area contributed by atoms with Gasteiger partial charge in [-0.25, -0.2) is 0 Å². The fourth-order valence-electron chi connectivity index (χ4n) is 3.17. The van der Waals surface area contributed by atoms with Crippen molar-refractivity contribution in [3.8, 4) is 11.3 Å². The second-order valence-corrected chi connectivity index (χ2v) is 7.55. The predicted molar refractivity (Wildman–Crippen MR) is 104 cm³/mol. The van der Waals surface area contributed by atoms with Crippen LogP contribution in [-0.4, -0.2) is 35.6 Å². The zero-order chi connectivity index (χ0) is 20.6. The summed E-state index contributed by atoms with van der Waals surface area (Å²) >= 11 is 0. The van der Waals surface area contributed by atoms with Gasteiger partial charge in [-0.3, -0.25) is 14.2 Å². The van der Waals surface area contributed by atoms with Gasteiger partial charge in [0.15, 0.2) is 5.82 Å². The van der Waals surface area contributed by atoms with E-state index >= 15 is 0 Å². The van der Waals surface area contributed by atoms with Gasteiger partial charge in [-0.1, -0.05) is 19.0 Å². The average molecular weight is 385 g/mol. The van der Waals surface area contributed by atoms with E-state index in [9.17, 15) is 4.79 Å². The van der Waals surface area contributed by atoms with Gasteiger partial charge >= 0.3 is 0 Å². The maximum atomic E-state index is 12.8. The van der Waals surface area contributed by atoms with E-state index in [-0.39, 0.29) is 5.91 Å². The number of carbonyl (C=O) groups is 1. The molecule has 0 spiro atoms. The zero-order valence-electron chi connectivity index (χ0n) is 17.4. The first kappa shape index (κ1) is 19.8. The van der Waals surface area contributed by atoms with Crippen molar-refractivity contribution in [3.63, 3.8) is 0 Å². The molecule has 28 heavy (non-hydrogen) atoms. The molecule has 0 aliphatic rings. The first-order chi connectivity index (χ1) is 13.2. The third-order valence-electron chi connectivity index (χ3n) is 4.67. The lowest BCUT2D eigenvalue weighted by Gasteiger charge is -2.09. The molecule has 0 saturated carbocycles. The Hall–Kier alpha value is -2.97. The van der Waals surface area contributed by atoms with Gasteiger partial charge in [0.2, 0.25) is 5.89 Å². The molecule has 0 saturated heterocycles. The van der Waals surface area contributed by atoms with Crippen LogP contribution in [0.15, 0.2) is 10.6 Å². The van der Waals surface area contributed by atoms with Crippen LogP contribution in [0.1, 0.15) is 60.4 Å². The SMILES string of the molecule is Cc1nn(C)c(C)c1-c1cc(C(=O)N[C@H](C)c2nc(CC(C)C)no2)n(C)n1. The molecular weight excluding hydrogens is 358 g/mol. The third-order valence-corrected chi connectivity index (χ3v) is 4.67. The molecule has 150 valence electrons. The normalized spacial score (nSPS) is 12.6. The molecule has 9 heteroatoms. The Labute approximate surface area is 164 Å². The van der Waals surface area contributed by atoms with Crippen LogP contribution in [-0.2, 0) is 20.5 Å². The highest BCUT2D eigenvalue weighted by Gasteiger charge is 2.22. The number of nitrogens with zero attached hydrogens (tertiary/aromatic N) is 6. The molecule has 3 aromatic rings. The quantitative estimate of drug-likeness (QED) is 0.699. The summed E-state index contributed by atoms with van der Waals surface area (Å²) in [6, 6.07) is 1.37. The highest BCUT2D eigenvalue weighted by atomic mass is 16.5. The number of hydrogen-bond acceptors (Lipinski definition) is 6. The van der Waals surface area contributed by atoms with Crippen molar-refractivity contribution in [1.82, 2.24) is 35.0 Å². The Morgan fingerprint density at radius 2 is 1.89 bits per heavy atom. The molecule has 0 radical (unpaired) electrons. The number of rotatable bonds is 6. The number of carbonyl (C=O) groups excluding carboxylic acids is 1. The summed E-state index contributed by atoms with van der Waals surface area (Å²) in [4.78, 5) is 17.1. The van der Waals surface area contributed by atoms with Gasteiger partial charge in [0.1, 0.15) is 11.7 Å². The molecule has 3 aromatic heterocycles. The molecule has 1 atom stereocenters. The largest absolute Gasteiger partial charge is 0.339 e. The van der Waals surface area contributed by atoms with Gasteiger partial charge < -0.3 is 9.84 Å². The summed E-state index contributed by atoms with van der Waals surface area (Å²) in [5, 5.41) is 15.8. The summed E-state index contributed by atoms with van der Waals surface area (Å²) in [6.07, 6.45) is 0.735. The molecule has 1 amide bonds. The van der Waals surface area contributed by atoms with Crippen LogP contribution < -0.4 is 5.32 Å². The summed E-state index contributed by atoms with van der Waals surface area (Å²) in [6.45, 7) is 9.91. The van der Waals surface area contributed by atoms with Crippen molar-refractivity contribution >= 4 is 5.91 Å². The van der Waals surface area contributed by atoms with E-state index in [0.29, 0.717) is 23.3 Å². The molecule has 0 bridgehead atoms. The minimum atomic E-state index is -0.402. The standard InChI is InChI=1S/C19H27N7O2/c1-10(2)8-16-21-19(28-24-16)12(4)20-18(27)15-9-14(23-26(15)7)17-11(3)22-25(6)13(17)5/h9-10,12H,8H2,1-7H3,(H,20,27)/t12-/m1/s1. The lowest BCUT2D eigenvalue weighted by Crippen LogP contribution is -2.28. The first-order valence-corrected chi connectivity index (χ1v) is 9.35. The van der Waals surface area contributed by atoms with Crippen LogP contribution in [0.4, 0.5) is 0 Å². The number of aryl methyl sites for hydroxylation is 3. The smallest absolute Gasteiger partial charge is 0.270 e. The van der Waals surface area contributed by atoms with Crippen LogP contribution in [0.5, 0.6) is 0 Å². The van der Waals surface area contributed by atoms with E-state index in [4.69, 9.17) is 4.52 Å². The fourth-order valence-corrected chi connectivity index (χ4v) is 3.17. The summed E-state index contributed by atoms with van der Waals surface area (Å²) < 4.78 is 8.68. The van der Waals surface area contributed by atoms with Crippen molar-refractivity contribution in [1.29, 1.82) is 0 Å². The molecule has 0 fully saturated rings. The lowest BCUT2D eigenvalue weighted by molar-refractivity contribution is 0.0923. The summed E-state index contributed by atoms with van der Waals surface area (Å²) in [5.41, 5.74) is 3.99. The Balaban J connectivity index is 1.78. The number of amides is 1. The topological polar surface area (TPSA) is 104 Å². The minimum Gasteiger partial charge on any atom is -0.339 e. The van der Waals surface area contributed by atoms with Gasteiger partial charge in [-0.2, -0.15) is 15.2 Å². The second kappa shape index (κ2) is 7.57. The lowest BCUT2D eigenvalue weighted by atomic mass is 10.1. The zero-order valence-corrected chi connectivity index (χ0v) is 17.4. The average Bonchev–Trinajstić information content (AvgIpc) is 3.26. The van der Waals surface area contributed by atoms with E-state index < -0.39 is 6.04 Å². The van der Waals surface area contributed by atoms with Crippen LogP contribution in [0.3, 0.4) is 0 Å². The van der Waals surface area contributed by atoms with Crippen LogP contribution in [0.25, 0.3) is 11.3 Å². The highest BCUT2D eigenvalue weighted by Crippen LogP contribution is 2.26. The molecule has 1 N–H and O–H groups in total. The summed E-state index contributed by atoms with van der Waals surface area (Å²) in [5.74, 6) is 1.22. The van der Waals surface area contributed by atoms with Gasteiger partial charge in [0.05, 0.1) is 11.4 Å². The Morgan fingerprint density at radius 1 is 1.18 bits per heavy atom. The maximum Gasteiger partial charge on any atom is 0.270 e. The van der Waals surface area contributed by atoms with Gasteiger partial charge in [0.25, 0.3) is 5.91 Å². The molecule has 0 aliphatic heterocycles. The van der Waals surface area contributed by atoms with Gasteiger partial charge in [-0.05, 0) is 32.8 Å². The minimum absolute atomic E-state index is 0.253. The van der Waals surface area contributed by atoms with Crippen molar-refractivity contribution in [3.05, 3.63) is 34.9 Å². The van der Waals surface area contributed by atoms with Gasteiger partial charge in [-0.15, -0.1) is 0 Å². The first-order valence-electron chi connectivity index (χ1n) is 9.35. The third kappa shape index (κ3) is 3.83. The molecule has 0 aliphatic carbocycles. The molecule has 3 rings (SSSR count). The maximum absolute atomic E-state index is 12.8. The predicted octanol–water partition coefficient (Wildman–Crippen LogP) is 2.51. The van der Waals surface area contributed by atoms with Crippen molar-refractivity contribution < 1.29 is 9.32 Å². The Kier molecular flexibility index (Phi) is 5.35. The monoisotopic (exact) mass is 385 g/mol. The summed E-state index contributed by atoms with van der Waals surface area (Å²) in [7, 11) is 3.64. The molecule has 9 nitrogen and oxygen atoms in total. The second-order valence-electron chi connectivity index (χ2n) is 7.55. The van der Waals surface area contributed by atoms with Crippen molar-refractivity contribution in [2.75, 3.05) is 0 Å². The number of aromatic nitrogens is 6. The molecule has 3 heterocycles. The molecule has 0 unspecified atom stereocenters. The number of nitrogens with one attached hydrogen (secondary N) is 1. The fraction of sp³-hybridized carbons (Fsp3) is 0.526. The van der Waals surface area contributed by atoms with E-state index in [2.05, 4.69) is 39.5 Å². The van der Waals surface area contributed by atoms with Crippen molar-refractivity contribution in [2.24, 2.45) is 20.0 Å². The molecule has 0 aromatic carbocycles. The van der Waals surface area contributed by atoms with Crippen LogP contribution in [0, 0.1) is 19.8 Å². The van der Waals surface area contributed by atoms with Gasteiger partial charge in [0, 0.05) is 31.8 Å². The number of hydrogen-bond donors (Lipinski definition) is 1. The molecular formula is C19H27N7O2. The van der Waals surface area contributed by atoms with E-state index in [1.807, 2.05) is 32.5 Å². The van der Waals surface area contributed by atoms with E-state index in [1.54, 1.807) is 17.8 Å². The van der Waals surface area contributed by atoms with Crippen LogP contribution in [0.2, 0.25) is 0 Å². The van der Waals surface area contributed by atoms with E-state index in [0.717, 1.165) is 29.1 Å². The van der Waals surface area contributed by atoms with Crippen molar-refractivity contribution in [2.45, 2.75) is 47.1 Å². The Morgan fingerprint density at radius 3 is 2.50 bits per heavy atom. The van der Waals surface area contributed by atoms with E-state index in [1.165, 1.54) is 0 Å². The van der Waals surface area contributed by atoms with Crippen LogP contribution >= 0.6 is 0 Å². The highest BCUT2D eigenvalue weighted by molar-refractivity contribution is 5.94. The Bertz CT molecular complexity index is 996.